The fourth-order valence-corrected chi connectivity index (χ4v) is 4.34. The van der Waals surface area contributed by atoms with E-state index in [1.807, 2.05) is 25.1 Å². The highest BCUT2D eigenvalue weighted by molar-refractivity contribution is 7.12. The van der Waals surface area contributed by atoms with Crippen molar-refractivity contribution >= 4 is 17.3 Å². The number of carbonyl (C=O) groups is 1. The minimum absolute atomic E-state index is 0.0790. The van der Waals surface area contributed by atoms with Gasteiger partial charge in [-0.25, -0.2) is 9.78 Å². The molecule has 0 radical (unpaired) electrons. The third-order valence-electron chi connectivity index (χ3n) is 4.19. The Morgan fingerprint density at radius 1 is 1.25 bits per heavy atom. The Morgan fingerprint density at radius 2 is 1.90 bits per heavy atom. The maximum Gasteiger partial charge on any atom is 0.355 e. The van der Waals surface area contributed by atoms with Crippen LogP contribution in [-0.4, -0.2) is 16.1 Å². The van der Waals surface area contributed by atoms with Crippen LogP contribution < -0.4 is 0 Å². The van der Waals surface area contributed by atoms with Crippen molar-refractivity contribution in [2.24, 2.45) is 0 Å². The lowest BCUT2D eigenvalue weighted by Crippen LogP contribution is -2.23. The molecule has 20 heavy (non-hydrogen) atoms. The molecule has 1 aromatic carbocycles. The van der Waals surface area contributed by atoms with Gasteiger partial charge in [-0.1, -0.05) is 43.2 Å². The van der Waals surface area contributed by atoms with Gasteiger partial charge in [0.1, 0.15) is 5.01 Å². The molecule has 104 valence electrons. The SMILES string of the molecule is Cc1sc(C2(c3ccccc3)CCCC2)nc1C(=O)O. The van der Waals surface area contributed by atoms with E-state index in [-0.39, 0.29) is 11.1 Å². The standard InChI is InChI=1S/C16H17NO2S/c1-11-13(14(18)19)17-15(20-11)16(9-5-6-10-16)12-7-3-2-4-8-12/h2-4,7-8H,5-6,9-10H2,1H3,(H,18,19). The molecule has 3 nitrogen and oxygen atoms in total. The molecule has 0 atom stereocenters. The lowest BCUT2D eigenvalue weighted by Gasteiger charge is -2.27. The molecule has 1 heterocycles. The van der Waals surface area contributed by atoms with Crippen molar-refractivity contribution in [2.75, 3.05) is 0 Å². The zero-order valence-corrected chi connectivity index (χ0v) is 12.2. The molecule has 3 rings (SSSR count). The van der Waals surface area contributed by atoms with Gasteiger partial charge in [-0.2, -0.15) is 0 Å². The van der Waals surface area contributed by atoms with Crippen LogP contribution in [0.4, 0.5) is 0 Å². The molecule has 0 saturated heterocycles. The van der Waals surface area contributed by atoms with Gasteiger partial charge in [-0.15, -0.1) is 11.3 Å². The van der Waals surface area contributed by atoms with Gasteiger partial charge in [0.2, 0.25) is 0 Å². The minimum Gasteiger partial charge on any atom is -0.476 e. The Morgan fingerprint density at radius 3 is 2.45 bits per heavy atom. The van der Waals surface area contributed by atoms with Crippen LogP contribution in [0.1, 0.15) is 51.6 Å². The van der Waals surface area contributed by atoms with Crippen molar-refractivity contribution in [3.05, 3.63) is 51.5 Å². The van der Waals surface area contributed by atoms with Crippen molar-refractivity contribution in [1.29, 1.82) is 0 Å². The highest BCUT2D eigenvalue weighted by Crippen LogP contribution is 2.47. The summed E-state index contributed by atoms with van der Waals surface area (Å²) < 4.78 is 0. The number of hydrogen-bond donors (Lipinski definition) is 1. The van der Waals surface area contributed by atoms with Crippen LogP contribution in [0, 0.1) is 6.92 Å². The normalized spacial score (nSPS) is 17.2. The lowest BCUT2D eigenvalue weighted by molar-refractivity contribution is 0.0690. The third kappa shape index (κ3) is 2.04. The second-order valence-electron chi connectivity index (χ2n) is 5.38. The quantitative estimate of drug-likeness (QED) is 0.928. The topological polar surface area (TPSA) is 50.2 Å². The van der Waals surface area contributed by atoms with Crippen molar-refractivity contribution in [3.8, 4) is 0 Å². The number of hydrogen-bond acceptors (Lipinski definition) is 3. The van der Waals surface area contributed by atoms with Crippen molar-refractivity contribution < 1.29 is 9.90 Å². The predicted molar refractivity (Wildman–Crippen MR) is 79.5 cm³/mol. The molecular weight excluding hydrogens is 270 g/mol. The monoisotopic (exact) mass is 287 g/mol. The number of aromatic carboxylic acids is 1. The molecule has 4 heteroatoms. The summed E-state index contributed by atoms with van der Waals surface area (Å²) in [5.41, 5.74) is 1.40. The van der Waals surface area contributed by atoms with Crippen molar-refractivity contribution in [2.45, 2.75) is 38.0 Å². The van der Waals surface area contributed by atoms with Crippen LogP contribution >= 0.6 is 11.3 Å². The zero-order valence-electron chi connectivity index (χ0n) is 11.4. The van der Waals surface area contributed by atoms with Crippen LogP contribution in [-0.2, 0) is 5.41 Å². The van der Waals surface area contributed by atoms with Gasteiger partial charge in [0, 0.05) is 10.3 Å². The first-order chi connectivity index (χ1) is 9.63. The van der Waals surface area contributed by atoms with E-state index < -0.39 is 5.97 Å². The van der Waals surface area contributed by atoms with Crippen molar-refractivity contribution in [3.63, 3.8) is 0 Å². The summed E-state index contributed by atoms with van der Waals surface area (Å²) >= 11 is 1.54. The molecule has 1 saturated carbocycles. The summed E-state index contributed by atoms with van der Waals surface area (Å²) in [5, 5.41) is 10.2. The summed E-state index contributed by atoms with van der Waals surface area (Å²) in [6.07, 6.45) is 4.47. The number of carboxylic acids is 1. The van der Waals surface area contributed by atoms with E-state index >= 15 is 0 Å². The van der Waals surface area contributed by atoms with Gasteiger partial charge in [-0.05, 0) is 25.3 Å². The molecule has 1 aliphatic carbocycles. The molecule has 0 aliphatic heterocycles. The maximum absolute atomic E-state index is 11.2. The Hall–Kier alpha value is -1.68. The largest absolute Gasteiger partial charge is 0.476 e. The van der Waals surface area contributed by atoms with Crippen LogP contribution in [0.25, 0.3) is 0 Å². The highest BCUT2D eigenvalue weighted by atomic mass is 32.1. The molecule has 1 N–H and O–H groups in total. The fourth-order valence-electron chi connectivity index (χ4n) is 3.16. The number of benzene rings is 1. The Kier molecular flexibility index (Phi) is 3.34. The predicted octanol–water partition coefficient (Wildman–Crippen LogP) is 4.01. The van der Waals surface area contributed by atoms with Crippen LogP contribution in [0.15, 0.2) is 30.3 Å². The number of nitrogens with zero attached hydrogens (tertiary/aromatic N) is 1. The fraction of sp³-hybridized carbons (Fsp3) is 0.375. The van der Waals surface area contributed by atoms with Gasteiger partial charge in [0.05, 0.1) is 0 Å². The smallest absolute Gasteiger partial charge is 0.355 e. The van der Waals surface area contributed by atoms with E-state index in [4.69, 9.17) is 0 Å². The molecular formula is C16H17NO2S. The molecule has 1 fully saturated rings. The highest BCUT2D eigenvalue weighted by Gasteiger charge is 2.40. The summed E-state index contributed by atoms with van der Waals surface area (Å²) in [5.74, 6) is -0.925. The number of thiazole rings is 1. The number of aryl methyl sites for hydroxylation is 1. The molecule has 1 aromatic heterocycles. The summed E-state index contributed by atoms with van der Waals surface area (Å²) in [6, 6.07) is 10.4. The van der Waals surface area contributed by atoms with Gasteiger partial charge in [0.25, 0.3) is 0 Å². The summed E-state index contributed by atoms with van der Waals surface area (Å²) in [4.78, 5) is 16.5. The third-order valence-corrected chi connectivity index (χ3v) is 5.37. The minimum atomic E-state index is -0.925. The number of rotatable bonds is 3. The van der Waals surface area contributed by atoms with Gasteiger partial charge in [0.15, 0.2) is 5.69 Å². The summed E-state index contributed by atoms with van der Waals surface area (Å²) in [7, 11) is 0. The first-order valence-corrected chi connectivity index (χ1v) is 7.72. The van der Waals surface area contributed by atoms with E-state index in [9.17, 15) is 9.90 Å². The molecule has 2 aromatic rings. The van der Waals surface area contributed by atoms with E-state index in [1.165, 1.54) is 18.4 Å². The maximum atomic E-state index is 11.2. The number of carboxylic acid groups (broad SMARTS) is 1. The molecule has 1 aliphatic rings. The van der Waals surface area contributed by atoms with E-state index in [0.29, 0.717) is 0 Å². The zero-order chi connectivity index (χ0) is 14.2. The van der Waals surface area contributed by atoms with Crippen LogP contribution in [0.3, 0.4) is 0 Å². The lowest BCUT2D eigenvalue weighted by atomic mass is 9.79. The van der Waals surface area contributed by atoms with E-state index in [1.54, 1.807) is 11.3 Å². The Balaban J connectivity index is 2.12. The Bertz CT molecular complexity index is 627. The molecule has 0 unspecified atom stereocenters. The van der Waals surface area contributed by atoms with E-state index in [0.717, 1.165) is 22.7 Å². The second kappa shape index (κ2) is 5.02. The van der Waals surface area contributed by atoms with Gasteiger partial charge < -0.3 is 5.11 Å². The average Bonchev–Trinajstić information content (AvgIpc) is 3.07. The molecule has 0 bridgehead atoms. The van der Waals surface area contributed by atoms with Crippen LogP contribution in [0.2, 0.25) is 0 Å². The van der Waals surface area contributed by atoms with Crippen molar-refractivity contribution in [1.82, 2.24) is 4.98 Å². The van der Waals surface area contributed by atoms with Gasteiger partial charge >= 0.3 is 5.97 Å². The van der Waals surface area contributed by atoms with Gasteiger partial charge in [-0.3, -0.25) is 0 Å². The molecule has 0 spiro atoms. The summed E-state index contributed by atoms with van der Waals surface area (Å²) in [6.45, 7) is 1.85. The first kappa shape index (κ1) is 13.3. The Labute approximate surface area is 122 Å². The molecule has 0 amide bonds. The number of aromatic nitrogens is 1. The van der Waals surface area contributed by atoms with Crippen LogP contribution in [0.5, 0.6) is 0 Å². The average molecular weight is 287 g/mol. The first-order valence-electron chi connectivity index (χ1n) is 6.90. The van der Waals surface area contributed by atoms with E-state index in [2.05, 4.69) is 17.1 Å². The second-order valence-corrected chi connectivity index (χ2v) is 6.59.